The minimum absolute atomic E-state index is 0. The van der Waals surface area contributed by atoms with E-state index in [2.05, 4.69) is 10.6 Å². The largest absolute Gasteiger partial charge is 0.352 e. The fourth-order valence-electron chi connectivity index (χ4n) is 2.02. The van der Waals surface area contributed by atoms with Gasteiger partial charge in [-0.05, 0) is 24.7 Å². The van der Waals surface area contributed by atoms with E-state index in [4.69, 9.17) is 0 Å². The van der Waals surface area contributed by atoms with Gasteiger partial charge in [-0.15, -0.1) is 12.4 Å². The van der Waals surface area contributed by atoms with Gasteiger partial charge in [0.1, 0.15) is 0 Å². The van der Waals surface area contributed by atoms with Gasteiger partial charge in [-0.2, -0.15) is 4.31 Å². The molecule has 1 aromatic rings. The van der Waals surface area contributed by atoms with Crippen LogP contribution in [-0.2, 0) is 21.4 Å². The van der Waals surface area contributed by atoms with Gasteiger partial charge in [0.2, 0.25) is 15.9 Å². The number of carbonyl (C=O) groups is 1. The van der Waals surface area contributed by atoms with Gasteiger partial charge in [-0.25, -0.2) is 8.42 Å². The number of nitrogens with zero attached hydrogens (tertiary/aromatic N) is 1. The average Bonchev–Trinajstić information content (AvgIpc) is 2.52. The first-order valence-corrected chi connectivity index (χ1v) is 8.90. The molecule has 0 atom stereocenters. The second kappa shape index (κ2) is 10.6. The number of hydrogen-bond acceptors (Lipinski definition) is 4. The molecule has 0 aliphatic rings. The molecule has 0 unspecified atom stereocenters. The molecule has 0 saturated heterocycles. The lowest BCUT2D eigenvalue weighted by molar-refractivity contribution is -0.121. The molecule has 23 heavy (non-hydrogen) atoms. The summed E-state index contributed by atoms with van der Waals surface area (Å²) in [6.45, 7) is 5.55. The van der Waals surface area contributed by atoms with Crippen LogP contribution < -0.4 is 10.6 Å². The zero-order valence-corrected chi connectivity index (χ0v) is 15.5. The Morgan fingerprint density at radius 1 is 1.13 bits per heavy atom. The van der Waals surface area contributed by atoms with Crippen molar-refractivity contribution in [1.29, 1.82) is 0 Å². The van der Waals surface area contributed by atoms with Crippen molar-refractivity contribution in [1.82, 2.24) is 14.9 Å². The van der Waals surface area contributed by atoms with Crippen molar-refractivity contribution in [2.24, 2.45) is 0 Å². The number of benzene rings is 1. The molecule has 1 aromatic carbocycles. The molecule has 0 saturated carbocycles. The lowest BCUT2D eigenvalue weighted by atomic mass is 10.2. The first kappa shape index (κ1) is 21.9. The van der Waals surface area contributed by atoms with Crippen LogP contribution in [0.1, 0.15) is 25.8 Å². The number of halogens is 1. The van der Waals surface area contributed by atoms with Gasteiger partial charge in [0, 0.05) is 32.6 Å². The van der Waals surface area contributed by atoms with Crippen LogP contribution in [0.15, 0.2) is 29.2 Å². The van der Waals surface area contributed by atoms with Gasteiger partial charge < -0.3 is 10.6 Å². The van der Waals surface area contributed by atoms with Crippen LogP contribution in [0.25, 0.3) is 0 Å². The third-order valence-corrected chi connectivity index (χ3v) is 5.42. The Balaban J connectivity index is 0.00000484. The zero-order valence-electron chi connectivity index (χ0n) is 13.8. The fraction of sp³-hybridized carbons (Fsp3) is 0.533. The Morgan fingerprint density at radius 2 is 1.70 bits per heavy atom. The predicted octanol–water partition coefficient (Wildman–Crippen LogP) is 1.36. The minimum Gasteiger partial charge on any atom is -0.352 e. The average molecular weight is 364 g/mol. The maximum atomic E-state index is 12.3. The molecule has 0 radical (unpaired) electrons. The molecular weight excluding hydrogens is 338 g/mol. The van der Waals surface area contributed by atoms with Gasteiger partial charge in [0.05, 0.1) is 4.90 Å². The van der Waals surface area contributed by atoms with Crippen LogP contribution in [-0.4, -0.2) is 45.3 Å². The summed E-state index contributed by atoms with van der Waals surface area (Å²) in [7, 11) is -1.63. The number of nitrogens with one attached hydrogen (secondary N) is 2. The van der Waals surface area contributed by atoms with Gasteiger partial charge in [0.25, 0.3) is 0 Å². The highest BCUT2D eigenvalue weighted by Crippen LogP contribution is 2.16. The predicted molar refractivity (Wildman–Crippen MR) is 94.2 cm³/mol. The second-order valence-electron chi connectivity index (χ2n) is 4.86. The van der Waals surface area contributed by atoms with Crippen LogP contribution >= 0.6 is 12.4 Å². The molecule has 132 valence electrons. The van der Waals surface area contributed by atoms with Crippen LogP contribution in [0.2, 0.25) is 0 Å². The molecule has 0 fully saturated rings. The van der Waals surface area contributed by atoms with Crippen molar-refractivity contribution >= 4 is 28.3 Å². The molecule has 2 N–H and O–H groups in total. The van der Waals surface area contributed by atoms with Gasteiger partial charge in [-0.1, -0.05) is 26.0 Å². The summed E-state index contributed by atoms with van der Waals surface area (Å²) in [5, 5.41) is 5.71. The summed E-state index contributed by atoms with van der Waals surface area (Å²) in [6.07, 6.45) is 0.422. The van der Waals surface area contributed by atoms with E-state index in [0.29, 0.717) is 32.6 Å². The summed E-state index contributed by atoms with van der Waals surface area (Å²) in [6, 6.07) is 6.63. The third-order valence-electron chi connectivity index (χ3n) is 3.36. The van der Waals surface area contributed by atoms with E-state index in [0.717, 1.165) is 5.56 Å². The number of carbonyl (C=O) groups excluding carboxylic acids is 1. The molecule has 1 amide bonds. The standard InChI is InChI=1S/C15H25N3O3S.ClH/c1-4-18(5-2)22(20,21)14-8-6-13(7-9-14)12-17-15(19)10-11-16-3;/h6-9,16H,4-5,10-12H2,1-3H3,(H,17,19);1H. The maximum absolute atomic E-state index is 12.3. The first-order chi connectivity index (χ1) is 10.5. The number of amides is 1. The van der Waals surface area contributed by atoms with Gasteiger partial charge in [-0.3, -0.25) is 4.79 Å². The lowest BCUT2D eigenvalue weighted by Gasteiger charge is -2.18. The van der Waals surface area contributed by atoms with Crippen LogP contribution in [0.4, 0.5) is 0 Å². The molecule has 8 heteroatoms. The van der Waals surface area contributed by atoms with E-state index in [1.54, 1.807) is 31.3 Å². The van der Waals surface area contributed by atoms with E-state index in [-0.39, 0.29) is 23.2 Å². The highest BCUT2D eigenvalue weighted by atomic mass is 35.5. The summed E-state index contributed by atoms with van der Waals surface area (Å²) >= 11 is 0. The van der Waals surface area contributed by atoms with Crippen molar-refractivity contribution in [3.8, 4) is 0 Å². The normalized spacial score (nSPS) is 11.1. The minimum atomic E-state index is -3.42. The molecule has 0 aromatic heterocycles. The van der Waals surface area contributed by atoms with E-state index >= 15 is 0 Å². The highest BCUT2D eigenvalue weighted by Gasteiger charge is 2.21. The number of sulfonamides is 1. The summed E-state index contributed by atoms with van der Waals surface area (Å²) in [5.74, 6) is -0.0332. The first-order valence-electron chi connectivity index (χ1n) is 7.46. The highest BCUT2D eigenvalue weighted by molar-refractivity contribution is 7.89. The second-order valence-corrected chi connectivity index (χ2v) is 6.80. The maximum Gasteiger partial charge on any atom is 0.243 e. The van der Waals surface area contributed by atoms with Crippen molar-refractivity contribution in [2.45, 2.75) is 31.7 Å². The van der Waals surface area contributed by atoms with Crippen molar-refractivity contribution in [3.63, 3.8) is 0 Å². The smallest absolute Gasteiger partial charge is 0.243 e. The molecule has 1 rings (SSSR count). The molecule has 6 nitrogen and oxygen atoms in total. The number of hydrogen-bond donors (Lipinski definition) is 2. The third kappa shape index (κ3) is 6.47. The van der Waals surface area contributed by atoms with Crippen molar-refractivity contribution in [3.05, 3.63) is 29.8 Å². The Bertz CT molecular complexity index is 572. The Kier molecular flexibility index (Phi) is 10.1. The monoisotopic (exact) mass is 363 g/mol. The quantitative estimate of drug-likeness (QED) is 0.694. The van der Waals surface area contributed by atoms with E-state index in [1.807, 2.05) is 13.8 Å². The molecular formula is C15H26ClN3O3S. The SMILES string of the molecule is CCN(CC)S(=O)(=O)c1ccc(CNC(=O)CCNC)cc1.Cl. The summed E-state index contributed by atoms with van der Waals surface area (Å²) in [4.78, 5) is 11.8. The van der Waals surface area contributed by atoms with E-state index in [1.165, 1.54) is 4.31 Å². The molecule has 0 aliphatic carbocycles. The Morgan fingerprint density at radius 3 is 2.17 bits per heavy atom. The van der Waals surface area contributed by atoms with Gasteiger partial charge in [0.15, 0.2) is 0 Å². The fourth-order valence-corrected chi connectivity index (χ4v) is 3.48. The number of rotatable bonds is 9. The topological polar surface area (TPSA) is 78.5 Å². The molecule has 0 bridgehead atoms. The summed E-state index contributed by atoms with van der Waals surface area (Å²) in [5.41, 5.74) is 0.872. The summed E-state index contributed by atoms with van der Waals surface area (Å²) < 4.78 is 26.1. The van der Waals surface area contributed by atoms with Crippen molar-refractivity contribution < 1.29 is 13.2 Å². The Hall–Kier alpha value is -1.15. The van der Waals surface area contributed by atoms with Crippen LogP contribution in [0.5, 0.6) is 0 Å². The van der Waals surface area contributed by atoms with Gasteiger partial charge >= 0.3 is 0 Å². The van der Waals surface area contributed by atoms with Crippen LogP contribution in [0.3, 0.4) is 0 Å². The van der Waals surface area contributed by atoms with E-state index < -0.39 is 10.0 Å². The van der Waals surface area contributed by atoms with Crippen molar-refractivity contribution in [2.75, 3.05) is 26.7 Å². The zero-order chi connectivity index (χ0) is 16.6. The molecule has 0 heterocycles. The molecule has 0 aliphatic heterocycles. The van der Waals surface area contributed by atoms with E-state index in [9.17, 15) is 13.2 Å². The lowest BCUT2D eigenvalue weighted by Crippen LogP contribution is -2.30. The molecule has 0 spiro atoms. The Labute approximate surface area is 145 Å². The van der Waals surface area contributed by atoms with Crippen LogP contribution in [0, 0.1) is 0 Å².